The minimum Gasteiger partial charge on any atom is -0.446 e. The molecule has 1 rings (SSSR count). The Balaban J connectivity index is 2.76. The highest BCUT2D eigenvalue weighted by Gasteiger charge is 2.41. The van der Waals surface area contributed by atoms with Gasteiger partial charge in [-0.15, -0.1) is 0 Å². The molecule has 3 nitrogen and oxygen atoms in total. The molecule has 1 aliphatic heterocycles. The fourth-order valence-corrected chi connectivity index (χ4v) is 2.13. The van der Waals surface area contributed by atoms with Gasteiger partial charge in [-0.05, 0) is 19.3 Å². The average molecular weight is 185 g/mol. The van der Waals surface area contributed by atoms with E-state index in [0.717, 1.165) is 25.8 Å². The van der Waals surface area contributed by atoms with Crippen LogP contribution in [0, 0.1) is 5.41 Å². The molecule has 1 amide bonds. The van der Waals surface area contributed by atoms with Crippen LogP contribution in [0.1, 0.15) is 40.0 Å². The van der Waals surface area contributed by atoms with Gasteiger partial charge in [0.1, 0.15) is 6.10 Å². The maximum absolute atomic E-state index is 11.0. The van der Waals surface area contributed by atoms with Crippen molar-refractivity contribution in [1.29, 1.82) is 0 Å². The summed E-state index contributed by atoms with van der Waals surface area (Å²) < 4.78 is 5.28. The minimum atomic E-state index is -0.260. The number of hydrogen-bond donors (Lipinski definition) is 1. The van der Waals surface area contributed by atoms with Crippen molar-refractivity contribution in [2.45, 2.75) is 46.1 Å². The lowest BCUT2D eigenvalue weighted by Crippen LogP contribution is -2.52. The van der Waals surface area contributed by atoms with Gasteiger partial charge in [-0.1, -0.05) is 20.8 Å². The van der Waals surface area contributed by atoms with Crippen LogP contribution in [0.3, 0.4) is 0 Å². The predicted molar refractivity (Wildman–Crippen MR) is 51.6 cm³/mol. The van der Waals surface area contributed by atoms with Crippen LogP contribution in [0.2, 0.25) is 0 Å². The van der Waals surface area contributed by atoms with E-state index in [1.54, 1.807) is 0 Å². The molecule has 0 bridgehead atoms. The first kappa shape index (κ1) is 10.4. The second-order valence-corrected chi connectivity index (χ2v) is 3.73. The molecule has 13 heavy (non-hydrogen) atoms. The van der Waals surface area contributed by atoms with E-state index in [1.807, 2.05) is 0 Å². The van der Waals surface area contributed by atoms with E-state index in [9.17, 15) is 4.79 Å². The van der Waals surface area contributed by atoms with Gasteiger partial charge in [0.05, 0.1) is 0 Å². The monoisotopic (exact) mass is 185 g/mol. The lowest BCUT2D eigenvalue weighted by atomic mass is 9.75. The maximum Gasteiger partial charge on any atom is 0.407 e. The van der Waals surface area contributed by atoms with Gasteiger partial charge < -0.3 is 10.1 Å². The molecule has 0 aromatic heterocycles. The normalized spacial score (nSPS) is 26.4. The molecule has 1 atom stereocenters. The third-order valence-electron chi connectivity index (χ3n) is 3.30. The van der Waals surface area contributed by atoms with Crippen molar-refractivity contribution in [3.8, 4) is 0 Å². The summed E-state index contributed by atoms with van der Waals surface area (Å²) in [7, 11) is 0. The lowest BCUT2D eigenvalue weighted by Gasteiger charge is -2.42. The summed E-state index contributed by atoms with van der Waals surface area (Å²) in [5, 5.41) is 2.78. The van der Waals surface area contributed by atoms with Crippen LogP contribution < -0.4 is 5.32 Å². The van der Waals surface area contributed by atoms with Crippen molar-refractivity contribution in [2.75, 3.05) is 6.54 Å². The molecule has 0 radical (unpaired) electrons. The van der Waals surface area contributed by atoms with Gasteiger partial charge in [-0.3, -0.25) is 0 Å². The third-order valence-corrected chi connectivity index (χ3v) is 3.30. The molecule has 3 heteroatoms. The van der Waals surface area contributed by atoms with Crippen molar-refractivity contribution in [3.63, 3.8) is 0 Å². The van der Waals surface area contributed by atoms with Crippen LogP contribution in [0.4, 0.5) is 4.79 Å². The van der Waals surface area contributed by atoms with Gasteiger partial charge in [0.25, 0.3) is 0 Å². The van der Waals surface area contributed by atoms with Crippen LogP contribution in [0.25, 0.3) is 0 Å². The van der Waals surface area contributed by atoms with Crippen molar-refractivity contribution in [2.24, 2.45) is 5.41 Å². The molecule has 0 aromatic rings. The van der Waals surface area contributed by atoms with Crippen LogP contribution in [-0.4, -0.2) is 18.7 Å². The fourth-order valence-electron chi connectivity index (χ4n) is 2.13. The first-order valence-corrected chi connectivity index (χ1v) is 5.13. The first-order chi connectivity index (χ1) is 6.18. The first-order valence-electron chi connectivity index (χ1n) is 5.13. The highest BCUT2D eigenvalue weighted by atomic mass is 16.6. The standard InChI is InChI=1S/C10H19NO2/c1-4-8-10(5-2,6-3)7-11-9(12)13-8/h8H,4-7H2,1-3H3,(H,11,12). The van der Waals surface area contributed by atoms with Crippen molar-refractivity contribution in [1.82, 2.24) is 5.32 Å². The number of amides is 1. The molecular weight excluding hydrogens is 166 g/mol. The molecule has 1 N–H and O–H groups in total. The van der Waals surface area contributed by atoms with E-state index < -0.39 is 0 Å². The van der Waals surface area contributed by atoms with E-state index in [-0.39, 0.29) is 17.6 Å². The van der Waals surface area contributed by atoms with Gasteiger partial charge in [-0.2, -0.15) is 0 Å². The van der Waals surface area contributed by atoms with Gasteiger partial charge in [-0.25, -0.2) is 4.79 Å². The highest BCUT2D eigenvalue weighted by molar-refractivity contribution is 5.68. The molecule has 1 aliphatic rings. The summed E-state index contributed by atoms with van der Waals surface area (Å²) in [6.45, 7) is 7.15. The Bertz CT molecular complexity index is 187. The number of cyclic esters (lactones) is 1. The Labute approximate surface area is 79.8 Å². The topological polar surface area (TPSA) is 38.3 Å². The van der Waals surface area contributed by atoms with Crippen LogP contribution in [0.5, 0.6) is 0 Å². The molecule has 76 valence electrons. The zero-order valence-electron chi connectivity index (χ0n) is 8.72. The van der Waals surface area contributed by atoms with Crippen molar-refractivity contribution < 1.29 is 9.53 Å². The number of nitrogens with one attached hydrogen (secondary N) is 1. The van der Waals surface area contributed by atoms with Gasteiger partial charge >= 0.3 is 6.09 Å². The maximum atomic E-state index is 11.0. The number of carbonyl (C=O) groups is 1. The average Bonchev–Trinajstić information content (AvgIpc) is 2.18. The summed E-state index contributed by atoms with van der Waals surface area (Å²) in [6.07, 6.45) is 2.86. The van der Waals surface area contributed by atoms with E-state index in [1.165, 1.54) is 0 Å². The number of hydrogen-bond acceptors (Lipinski definition) is 2. The number of rotatable bonds is 3. The largest absolute Gasteiger partial charge is 0.446 e. The number of alkyl carbamates (subject to hydrolysis) is 1. The summed E-state index contributed by atoms with van der Waals surface area (Å²) in [5.74, 6) is 0. The third kappa shape index (κ3) is 1.79. The summed E-state index contributed by atoms with van der Waals surface area (Å²) in [4.78, 5) is 11.0. The van der Waals surface area contributed by atoms with E-state index in [4.69, 9.17) is 4.74 Å². The Morgan fingerprint density at radius 2 is 2.08 bits per heavy atom. The molecule has 1 heterocycles. The van der Waals surface area contributed by atoms with Gasteiger partial charge in [0.15, 0.2) is 0 Å². The van der Waals surface area contributed by atoms with E-state index in [0.29, 0.717) is 0 Å². The summed E-state index contributed by atoms with van der Waals surface area (Å²) in [5.41, 5.74) is 0.155. The van der Waals surface area contributed by atoms with E-state index in [2.05, 4.69) is 26.1 Å². The predicted octanol–water partition coefficient (Wildman–Crippen LogP) is 2.31. The number of carbonyl (C=O) groups excluding carboxylic acids is 1. The van der Waals surface area contributed by atoms with Crippen molar-refractivity contribution >= 4 is 6.09 Å². The second kappa shape index (κ2) is 3.99. The lowest BCUT2D eigenvalue weighted by molar-refractivity contribution is -0.0289. The zero-order valence-corrected chi connectivity index (χ0v) is 8.72. The fraction of sp³-hybridized carbons (Fsp3) is 0.900. The Morgan fingerprint density at radius 1 is 1.46 bits per heavy atom. The summed E-state index contributed by atoms with van der Waals surface area (Å²) in [6, 6.07) is 0. The molecule has 0 saturated carbocycles. The molecule has 0 spiro atoms. The SMILES string of the molecule is CCC1OC(=O)NCC1(CC)CC. The van der Waals surface area contributed by atoms with E-state index >= 15 is 0 Å². The Kier molecular flexibility index (Phi) is 3.17. The van der Waals surface area contributed by atoms with Gasteiger partial charge in [0.2, 0.25) is 0 Å². The molecule has 0 aliphatic carbocycles. The highest BCUT2D eigenvalue weighted by Crippen LogP contribution is 2.35. The molecule has 1 fully saturated rings. The molecule has 0 aromatic carbocycles. The van der Waals surface area contributed by atoms with Gasteiger partial charge in [0, 0.05) is 12.0 Å². The summed E-state index contributed by atoms with van der Waals surface area (Å²) >= 11 is 0. The van der Waals surface area contributed by atoms with Crippen molar-refractivity contribution in [3.05, 3.63) is 0 Å². The molecule has 1 saturated heterocycles. The smallest absolute Gasteiger partial charge is 0.407 e. The Morgan fingerprint density at radius 3 is 2.54 bits per heavy atom. The minimum absolute atomic E-state index is 0.0937. The Hall–Kier alpha value is -0.730. The second-order valence-electron chi connectivity index (χ2n) is 3.73. The van der Waals surface area contributed by atoms with Crippen LogP contribution in [-0.2, 0) is 4.74 Å². The van der Waals surface area contributed by atoms with Crippen LogP contribution >= 0.6 is 0 Å². The number of ether oxygens (including phenoxy) is 1. The molecular formula is C10H19NO2. The van der Waals surface area contributed by atoms with Crippen LogP contribution in [0.15, 0.2) is 0 Å². The quantitative estimate of drug-likeness (QED) is 0.732. The zero-order chi connectivity index (χ0) is 9.90. The molecule has 1 unspecified atom stereocenters.